The second-order valence-electron chi connectivity index (χ2n) is 6.33. The van der Waals surface area contributed by atoms with Crippen LogP contribution in [-0.2, 0) is 19.1 Å². The lowest BCUT2D eigenvalue weighted by Crippen LogP contribution is -2.40. The topological polar surface area (TPSA) is 55.8 Å². The third kappa shape index (κ3) is 1.41. The van der Waals surface area contributed by atoms with E-state index in [1.54, 1.807) is 0 Å². The van der Waals surface area contributed by atoms with Crippen LogP contribution >= 0.6 is 0 Å². The van der Waals surface area contributed by atoms with Crippen molar-refractivity contribution in [2.24, 2.45) is 11.8 Å². The third-order valence-electron chi connectivity index (χ3n) is 5.37. The van der Waals surface area contributed by atoms with Crippen molar-refractivity contribution in [3.05, 3.63) is 12.2 Å². The van der Waals surface area contributed by atoms with Gasteiger partial charge in [-0.25, -0.2) is 0 Å². The molecule has 1 spiro atoms. The minimum atomic E-state index is -0.580. The molecule has 20 heavy (non-hydrogen) atoms. The molecule has 4 atom stereocenters. The fourth-order valence-electron chi connectivity index (χ4n) is 4.46. The van der Waals surface area contributed by atoms with Crippen LogP contribution in [0.5, 0.6) is 0 Å². The molecule has 4 rings (SSSR count). The summed E-state index contributed by atoms with van der Waals surface area (Å²) < 4.78 is 10.9. The van der Waals surface area contributed by atoms with Gasteiger partial charge >= 0.3 is 5.97 Å². The SMILES string of the molecule is COC(=O)[C@H]1[C@@H]2C=C[C@]3(CN(C4CCCC4)C(=O)[C@H]13)O2. The van der Waals surface area contributed by atoms with Crippen molar-refractivity contribution in [3.8, 4) is 0 Å². The Morgan fingerprint density at radius 1 is 1.45 bits per heavy atom. The van der Waals surface area contributed by atoms with Gasteiger partial charge in [-0.2, -0.15) is 0 Å². The van der Waals surface area contributed by atoms with Gasteiger partial charge in [-0.1, -0.05) is 25.0 Å². The molecule has 0 aromatic heterocycles. The van der Waals surface area contributed by atoms with Crippen LogP contribution in [0.15, 0.2) is 12.2 Å². The maximum Gasteiger partial charge on any atom is 0.312 e. The van der Waals surface area contributed by atoms with Gasteiger partial charge in [-0.05, 0) is 12.8 Å². The zero-order valence-corrected chi connectivity index (χ0v) is 11.6. The van der Waals surface area contributed by atoms with Crippen molar-refractivity contribution in [3.63, 3.8) is 0 Å². The molecule has 3 heterocycles. The summed E-state index contributed by atoms with van der Waals surface area (Å²) in [7, 11) is 1.37. The molecule has 0 aromatic carbocycles. The molecule has 2 bridgehead atoms. The second-order valence-corrected chi connectivity index (χ2v) is 6.33. The van der Waals surface area contributed by atoms with Gasteiger partial charge in [0.25, 0.3) is 0 Å². The number of esters is 1. The zero-order chi connectivity index (χ0) is 13.9. The molecule has 1 saturated carbocycles. The van der Waals surface area contributed by atoms with Gasteiger partial charge < -0.3 is 14.4 Å². The molecule has 0 radical (unpaired) electrons. The van der Waals surface area contributed by atoms with Crippen LogP contribution in [0.25, 0.3) is 0 Å². The highest BCUT2D eigenvalue weighted by atomic mass is 16.5. The van der Waals surface area contributed by atoms with Gasteiger partial charge in [0.1, 0.15) is 11.5 Å². The predicted molar refractivity (Wildman–Crippen MR) is 69.7 cm³/mol. The summed E-state index contributed by atoms with van der Waals surface area (Å²) in [5.41, 5.74) is -0.580. The number of carbonyl (C=O) groups excluding carboxylic acids is 2. The molecular weight excluding hydrogens is 258 g/mol. The van der Waals surface area contributed by atoms with Gasteiger partial charge in [-0.15, -0.1) is 0 Å². The lowest BCUT2D eigenvalue weighted by Gasteiger charge is -2.26. The van der Waals surface area contributed by atoms with Gasteiger partial charge in [0, 0.05) is 6.04 Å². The van der Waals surface area contributed by atoms with E-state index in [0.717, 1.165) is 12.8 Å². The van der Waals surface area contributed by atoms with E-state index >= 15 is 0 Å². The van der Waals surface area contributed by atoms with E-state index < -0.39 is 11.5 Å². The summed E-state index contributed by atoms with van der Waals surface area (Å²) in [6.45, 7) is 0.599. The molecule has 108 valence electrons. The molecule has 5 heteroatoms. The molecule has 1 amide bonds. The van der Waals surface area contributed by atoms with Crippen LogP contribution in [0.4, 0.5) is 0 Å². The van der Waals surface area contributed by atoms with Crippen molar-refractivity contribution >= 4 is 11.9 Å². The van der Waals surface area contributed by atoms with E-state index in [0.29, 0.717) is 12.6 Å². The Bertz CT molecular complexity index is 496. The molecule has 3 fully saturated rings. The summed E-state index contributed by atoms with van der Waals surface area (Å²) >= 11 is 0. The van der Waals surface area contributed by atoms with E-state index in [9.17, 15) is 9.59 Å². The van der Waals surface area contributed by atoms with Crippen LogP contribution in [0.3, 0.4) is 0 Å². The lowest BCUT2D eigenvalue weighted by molar-refractivity contribution is -0.151. The molecule has 0 unspecified atom stereocenters. The second kappa shape index (κ2) is 4.07. The van der Waals surface area contributed by atoms with E-state index in [1.165, 1.54) is 20.0 Å². The highest BCUT2D eigenvalue weighted by molar-refractivity contribution is 5.91. The number of hydrogen-bond acceptors (Lipinski definition) is 4. The predicted octanol–water partition coefficient (Wildman–Crippen LogP) is 0.884. The van der Waals surface area contributed by atoms with Crippen molar-refractivity contribution < 1.29 is 19.1 Å². The normalized spacial score (nSPS) is 42.5. The van der Waals surface area contributed by atoms with E-state index in [-0.39, 0.29) is 23.9 Å². The van der Waals surface area contributed by atoms with Crippen molar-refractivity contribution in [1.29, 1.82) is 0 Å². The number of methoxy groups -OCH3 is 1. The molecule has 1 aliphatic carbocycles. The van der Waals surface area contributed by atoms with Crippen molar-refractivity contribution in [2.75, 3.05) is 13.7 Å². The lowest BCUT2D eigenvalue weighted by atomic mass is 9.77. The quantitative estimate of drug-likeness (QED) is 0.555. The van der Waals surface area contributed by atoms with Crippen molar-refractivity contribution in [1.82, 2.24) is 4.90 Å². The maximum absolute atomic E-state index is 12.8. The highest BCUT2D eigenvalue weighted by Gasteiger charge is 2.67. The first kappa shape index (κ1) is 12.4. The Balaban J connectivity index is 1.67. The van der Waals surface area contributed by atoms with E-state index in [4.69, 9.17) is 9.47 Å². The third-order valence-corrected chi connectivity index (χ3v) is 5.37. The maximum atomic E-state index is 12.8. The number of nitrogens with zero attached hydrogens (tertiary/aromatic N) is 1. The monoisotopic (exact) mass is 277 g/mol. The average molecular weight is 277 g/mol. The molecule has 4 aliphatic rings. The van der Waals surface area contributed by atoms with Gasteiger partial charge in [0.15, 0.2) is 0 Å². The molecule has 3 aliphatic heterocycles. The van der Waals surface area contributed by atoms with Gasteiger partial charge in [-0.3, -0.25) is 9.59 Å². The molecular formula is C15H19NO4. The minimum absolute atomic E-state index is 0.0825. The zero-order valence-electron chi connectivity index (χ0n) is 11.6. The first-order valence-corrected chi connectivity index (χ1v) is 7.42. The van der Waals surface area contributed by atoms with E-state index in [2.05, 4.69) is 0 Å². The highest BCUT2D eigenvalue weighted by Crippen LogP contribution is 2.53. The molecule has 0 N–H and O–H groups in total. The van der Waals surface area contributed by atoms with Crippen LogP contribution in [0, 0.1) is 11.8 Å². The van der Waals surface area contributed by atoms with Crippen LogP contribution < -0.4 is 0 Å². The summed E-state index contributed by atoms with van der Waals surface area (Å²) in [6, 6.07) is 0.330. The largest absolute Gasteiger partial charge is 0.469 e. The molecule has 5 nitrogen and oxygen atoms in total. The Morgan fingerprint density at radius 3 is 2.90 bits per heavy atom. The Hall–Kier alpha value is -1.36. The van der Waals surface area contributed by atoms with Crippen LogP contribution in [0.2, 0.25) is 0 Å². The van der Waals surface area contributed by atoms with Crippen LogP contribution in [0.1, 0.15) is 25.7 Å². The number of hydrogen-bond donors (Lipinski definition) is 0. The van der Waals surface area contributed by atoms with E-state index in [1.807, 2.05) is 17.1 Å². The fraction of sp³-hybridized carbons (Fsp3) is 0.733. The Morgan fingerprint density at radius 2 is 2.20 bits per heavy atom. The Labute approximate surface area is 117 Å². The smallest absolute Gasteiger partial charge is 0.312 e. The van der Waals surface area contributed by atoms with Crippen LogP contribution in [-0.4, -0.2) is 48.2 Å². The number of likely N-dealkylation sites (tertiary alicyclic amines) is 1. The summed E-state index contributed by atoms with van der Waals surface area (Å²) in [5, 5.41) is 0. The standard InChI is InChI=1S/C15H19NO4/c1-19-14(18)11-10-6-7-15(20-10)8-16(13(17)12(11)15)9-4-2-3-5-9/h6-7,9-12H,2-5,8H2,1H3/t10-,11-,12-,15+/m0/s1. The summed E-state index contributed by atoms with van der Waals surface area (Å²) in [4.78, 5) is 26.8. The number of rotatable bonds is 2. The fourth-order valence-corrected chi connectivity index (χ4v) is 4.46. The molecule has 2 saturated heterocycles. The number of fused-ring (bicyclic) bond motifs is 1. The first-order valence-electron chi connectivity index (χ1n) is 7.42. The number of ether oxygens (including phenoxy) is 2. The number of amides is 1. The summed E-state index contributed by atoms with van der Waals surface area (Å²) in [5.74, 6) is -1.10. The van der Waals surface area contributed by atoms with Crippen molar-refractivity contribution in [2.45, 2.75) is 43.4 Å². The number of carbonyl (C=O) groups is 2. The molecule has 0 aromatic rings. The average Bonchev–Trinajstić information content (AvgIpc) is 3.18. The van der Waals surface area contributed by atoms with Gasteiger partial charge in [0.2, 0.25) is 5.91 Å². The Kier molecular flexibility index (Phi) is 2.52. The summed E-state index contributed by atoms with van der Waals surface area (Å²) in [6.07, 6.45) is 8.15. The first-order chi connectivity index (χ1) is 9.66. The van der Waals surface area contributed by atoms with Gasteiger partial charge in [0.05, 0.1) is 25.7 Å². The minimum Gasteiger partial charge on any atom is -0.469 e.